The fourth-order valence-corrected chi connectivity index (χ4v) is 1.94. The molecule has 0 saturated heterocycles. The maximum Gasteiger partial charge on any atom is 0.120 e. The maximum atomic E-state index is 9.82. The molecule has 0 spiro atoms. The molecule has 0 aliphatic carbocycles. The summed E-state index contributed by atoms with van der Waals surface area (Å²) in [4.78, 5) is 0. The second-order valence-electron chi connectivity index (χ2n) is 4.49. The van der Waals surface area contributed by atoms with Gasteiger partial charge in [0.1, 0.15) is 5.75 Å². The monoisotopic (exact) mass is 237 g/mol. The molecule has 1 aromatic carbocycles. The molecule has 1 aromatic rings. The molecule has 3 heteroatoms. The van der Waals surface area contributed by atoms with Crippen molar-refractivity contribution in [1.29, 1.82) is 0 Å². The van der Waals surface area contributed by atoms with E-state index in [2.05, 4.69) is 19.2 Å². The molecule has 1 rings (SSSR count). The van der Waals surface area contributed by atoms with Crippen LogP contribution in [0.15, 0.2) is 24.3 Å². The van der Waals surface area contributed by atoms with Gasteiger partial charge in [0.2, 0.25) is 0 Å². The highest BCUT2D eigenvalue weighted by Crippen LogP contribution is 2.25. The number of benzene rings is 1. The third-order valence-electron chi connectivity index (χ3n) is 2.88. The Morgan fingerprint density at radius 2 is 2.06 bits per heavy atom. The van der Waals surface area contributed by atoms with Crippen molar-refractivity contribution in [2.24, 2.45) is 5.92 Å². The minimum Gasteiger partial charge on any atom is -0.508 e. The molecule has 3 nitrogen and oxygen atoms in total. The number of nitrogens with one attached hydrogen (secondary N) is 1. The van der Waals surface area contributed by atoms with Crippen LogP contribution in [0.2, 0.25) is 0 Å². The number of methoxy groups -OCH3 is 1. The lowest BCUT2D eigenvalue weighted by atomic mass is 10.0. The predicted molar refractivity (Wildman–Crippen MR) is 70.2 cm³/mol. The SMILES string of the molecule is CCC(NCC(C)COC)c1ccccc1O. The number of rotatable bonds is 7. The van der Waals surface area contributed by atoms with Crippen LogP contribution in [0.4, 0.5) is 0 Å². The number of ether oxygens (including phenoxy) is 1. The van der Waals surface area contributed by atoms with E-state index in [9.17, 15) is 5.11 Å². The van der Waals surface area contributed by atoms with E-state index < -0.39 is 0 Å². The lowest BCUT2D eigenvalue weighted by molar-refractivity contribution is 0.156. The molecular formula is C14H23NO2. The zero-order valence-corrected chi connectivity index (χ0v) is 10.9. The Morgan fingerprint density at radius 3 is 2.65 bits per heavy atom. The second-order valence-corrected chi connectivity index (χ2v) is 4.49. The Morgan fingerprint density at radius 1 is 1.35 bits per heavy atom. The van der Waals surface area contributed by atoms with Crippen LogP contribution in [0.5, 0.6) is 5.75 Å². The summed E-state index contributed by atoms with van der Waals surface area (Å²) in [6.07, 6.45) is 0.956. The van der Waals surface area contributed by atoms with Crippen molar-refractivity contribution >= 4 is 0 Å². The van der Waals surface area contributed by atoms with Crippen LogP contribution in [-0.4, -0.2) is 25.4 Å². The molecule has 0 aromatic heterocycles. The van der Waals surface area contributed by atoms with Gasteiger partial charge >= 0.3 is 0 Å². The van der Waals surface area contributed by atoms with Crippen molar-refractivity contribution in [2.45, 2.75) is 26.3 Å². The number of phenolic OH excluding ortho intramolecular Hbond substituents is 1. The number of hydrogen-bond acceptors (Lipinski definition) is 3. The van der Waals surface area contributed by atoms with Gasteiger partial charge in [-0.1, -0.05) is 32.0 Å². The summed E-state index contributed by atoms with van der Waals surface area (Å²) in [6.45, 7) is 5.91. The standard InChI is InChI=1S/C14H23NO2/c1-4-13(15-9-11(2)10-17-3)12-7-5-6-8-14(12)16/h5-8,11,13,15-16H,4,9-10H2,1-3H3. The summed E-state index contributed by atoms with van der Waals surface area (Å²) in [5.74, 6) is 0.839. The van der Waals surface area contributed by atoms with Gasteiger partial charge < -0.3 is 15.2 Å². The molecule has 0 aliphatic heterocycles. The predicted octanol–water partition coefficient (Wildman–Crippen LogP) is 2.72. The summed E-state index contributed by atoms with van der Waals surface area (Å²) in [7, 11) is 1.72. The molecule has 2 unspecified atom stereocenters. The molecular weight excluding hydrogens is 214 g/mol. The van der Waals surface area contributed by atoms with E-state index in [0.717, 1.165) is 25.1 Å². The quantitative estimate of drug-likeness (QED) is 0.766. The van der Waals surface area contributed by atoms with E-state index in [1.165, 1.54) is 0 Å². The second kappa shape index (κ2) is 7.30. The van der Waals surface area contributed by atoms with Crippen LogP contribution in [0, 0.1) is 5.92 Å². The van der Waals surface area contributed by atoms with E-state index in [-0.39, 0.29) is 6.04 Å². The molecule has 0 amide bonds. The van der Waals surface area contributed by atoms with Crippen LogP contribution >= 0.6 is 0 Å². The molecule has 0 fully saturated rings. The molecule has 96 valence electrons. The van der Waals surface area contributed by atoms with Gasteiger partial charge in [0.15, 0.2) is 0 Å². The fourth-order valence-electron chi connectivity index (χ4n) is 1.94. The molecule has 0 saturated carbocycles. The Bertz CT molecular complexity index is 328. The van der Waals surface area contributed by atoms with Crippen LogP contribution in [-0.2, 0) is 4.74 Å². The largest absolute Gasteiger partial charge is 0.508 e. The summed E-state index contributed by atoms with van der Waals surface area (Å²) in [5, 5.41) is 13.3. The van der Waals surface area contributed by atoms with Crippen molar-refractivity contribution in [1.82, 2.24) is 5.32 Å². The minimum absolute atomic E-state index is 0.204. The average molecular weight is 237 g/mol. The highest BCUT2D eigenvalue weighted by molar-refractivity contribution is 5.34. The lowest BCUT2D eigenvalue weighted by Gasteiger charge is -2.20. The maximum absolute atomic E-state index is 9.82. The molecule has 0 heterocycles. The third kappa shape index (κ3) is 4.36. The fraction of sp³-hybridized carbons (Fsp3) is 0.571. The van der Waals surface area contributed by atoms with Gasteiger partial charge in [-0.3, -0.25) is 0 Å². The average Bonchev–Trinajstić information content (AvgIpc) is 2.32. The molecule has 2 N–H and O–H groups in total. The Kier molecular flexibility index (Phi) is 6.01. The van der Waals surface area contributed by atoms with E-state index in [0.29, 0.717) is 11.7 Å². The van der Waals surface area contributed by atoms with Crippen molar-refractivity contribution in [2.75, 3.05) is 20.3 Å². The molecule has 0 aliphatic rings. The van der Waals surface area contributed by atoms with E-state index in [1.54, 1.807) is 13.2 Å². The third-order valence-corrected chi connectivity index (χ3v) is 2.88. The lowest BCUT2D eigenvalue weighted by Crippen LogP contribution is -2.27. The van der Waals surface area contributed by atoms with Gasteiger partial charge in [-0.05, 0) is 18.4 Å². The summed E-state index contributed by atoms with van der Waals surface area (Å²) >= 11 is 0. The van der Waals surface area contributed by atoms with Gasteiger partial charge in [0.05, 0.1) is 0 Å². The van der Waals surface area contributed by atoms with Crippen molar-refractivity contribution in [3.63, 3.8) is 0 Å². The van der Waals surface area contributed by atoms with Gasteiger partial charge in [-0.15, -0.1) is 0 Å². The van der Waals surface area contributed by atoms with Crippen LogP contribution in [0.25, 0.3) is 0 Å². The number of para-hydroxylation sites is 1. The first-order chi connectivity index (χ1) is 8.19. The first-order valence-corrected chi connectivity index (χ1v) is 6.19. The topological polar surface area (TPSA) is 41.5 Å². The first kappa shape index (κ1) is 14.0. The summed E-state index contributed by atoms with van der Waals surface area (Å²) in [6, 6.07) is 7.71. The van der Waals surface area contributed by atoms with Gasteiger partial charge in [0.25, 0.3) is 0 Å². The van der Waals surface area contributed by atoms with Gasteiger partial charge in [-0.25, -0.2) is 0 Å². The van der Waals surface area contributed by atoms with E-state index in [4.69, 9.17) is 4.74 Å². The smallest absolute Gasteiger partial charge is 0.120 e. The summed E-state index contributed by atoms with van der Waals surface area (Å²) in [5.41, 5.74) is 0.972. The van der Waals surface area contributed by atoms with Gasteiger partial charge in [-0.2, -0.15) is 0 Å². The minimum atomic E-state index is 0.204. The van der Waals surface area contributed by atoms with Crippen LogP contribution in [0.3, 0.4) is 0 Å². The highest BCUT2D eigenvalue weighted by Gasteiger charge is 2.13. The Balaban J connectivity index is 2.57. The van der Waals surface area contributed by atoms with Crippen LogP contribution in [0.1, 0.15) is 31.9 Å². The van der Waals surface area contributed by atoms with Crippen molar-refractivity contribution in [3.8, 4) is 5.75 Å². The van der Waals surface area contributed by atoms with Crippen molar-refractivity contribution < 1.29 is 9.84 Å². The number of aromatic hydroxyl groups is 1. The molecule has 2 atom stereocenters. The van der Waals surface area contributed by atoms with E-state index in [1.807, 2.05) is 18.2 Å². The van der Waals surface area contributed by atoms with Crippen molar-refractivity contribution in [3.05, 3.63) is 29.8 Å². The zero-order chi connectivity index (χ0) is 12.7. The number of phenols is 1. The Labute approximate surface area is 104 Å². The van der Waals surface area contributed by atoms with E-state index >= 15 is 0 Å². The van der Waals surface area contributed by atoms with Crippen LogP contribution < -0.4 is 5.32 Å². The Hall–Kier alpha value is -1.06. The zero-order valence-electron chi connectivity index (χ0n) is 10.9. The molecule has 0 bridgehead atoms. The number of hydrogen-bond donors (Lipinski definition) is 2. The van der Waals surface area contributed by atoms with Gasteiger partial charge in [0, 0.05) is 31.9 Å². The first-order valence-electron chi connectivity index (χ1n) is 6.19. The normalized spacial score (nSPS) is 14.5. The summed E-state index contributed by atoms with van der Waals surface area (Å²) < 4.78 is 5.11. The highest BCUT2D eigenvalue weighted by atomic mass is 16.5. The molecule has 0 radical (unpaired) electrons. The molecule has 17 heavy (non-hydrogen) atoms.